The highest BCUT2D eigenvalue weighted by Gasteiger charge is 2.22. The average molecular weight is 323 g/mol. The SMILES string of the molecule is CON(C)C(=O)c1cc(OCC(C)(C)CO)cc(C(C)(C)C)c1. The number of hydrogen-bond acceptors (Lipinski definition) is 4. The number of rotatable bonds is 6. The van der Waals surface area contributed by atoms with Gasteiger partial charge in [-0.25, -0.2) is 5.06 Å². The number of hydroxylamine groups is 2. The van der Waals surface area contributed by atoms with Gasteiger partial charge in [0.15, 0.2) is 0 Å². The monoisotopic (exact) mass is 323 g/mol. The van der Waals surface area contributed by atoms with Gasteiger partial charge in [0.2, 0.25) is 0 Å². The van der Waals surface area contributed by atoms with Crippen molar-refractivity contribution in [3.8, 4) is 5.75 Å². The standard InChI is InChI=1S/C18H29NO4/c1-17(2,3)14-8-13(16(21)19(6)22-7)9-15(10-14)23-12-18(4,5)11-20/h8-10,20H,11-12H2,1-7H3. The second kappa shape index (κ2) is 7.32. The van der Waals surface area contributed by atoms with Crippen LogP contribution in [0.3, 0.4) is 0 Å². The Morgan fingerprint density at radius 3 is 2.26 bits per heavy atom. The number of aliphatic hydroxyl groups excluding tert-OH is 1. The van der Waals surface area contributed by atoms with Crippen LogP contribution in [0.5, 0.6) is 5.75 Å². The van der Waals surface area contributed by atoms with Gasteiger partial charge in [0.05, 0.1) is 20.3 Å². The van der Waals surface area contributed by atoms with Crippen LogP contribution in [0.1, 0.15) is 50.5 Å². The minimum atomic E-state index is -0.342. The molecular formula is C18H29NO4. The van der Waals surface area contributed by atoms with Crippen molar-refractivity contribution < 1.29 is 19.5 Å². The zero-order valence-electron chi connectivity index (χ0n) is 15.3. The first-order valence-electron chi connectivity index (χ1n) is 7.71. The van der Waals surface area contributed by atoms with Crippen LogP contribution in [-0.4, -0.2) is 43.4 Å². The Bertz CT molecular complexity index is 546. The van der Waals surface area contributed by atoms with Gasteiger partial charge in [0.25, 0.3) is 5.91 Å². The maximum Gasteiger partial charge on any atom is 0.277 e. The van der Waals surface area contributed by atoms with Crippen molar-refractivity contribution in [1.29, 1.82) is 0 Å². The van der Waals surface area contributed by atoms with Gasteiger partial charge in [0.1, 0.15) is 5.75 Å². The fourth-order valence-corrected chi connectivity index (χ4v) is 1.83. The first-order chi connectivity index (χ1) is 10.5. The minimum Gasteiger partial charge on any atom is -0.493 e. The summed E-state index contributed by atoms with van der Waals surface area (Å²) in [6.07, 6.45) is 0. The summed E-state index contributed by atoms with van der Waals surface area (Å²) < 4.78 is 5.83. The zero-order chi connectivity index (χ0) is 17.8. The van der Waals surface area contributed by atoms with E-state index < -0.39 is 0 Å². The molecule has 1 N–H and O–H groups in total. The Kier molecular flexibility index (Phi) is 6.19. The van der Waals surface area contributed by atoms with Gasteiger partial charge >= 0.3 is 0 Å². The molecule has 0 saturated carbocycles. The Morgan fingerprint density at radius 1 is 1.17 bits per heavy atom. The number of amides is 1. The van der Waals surface area contributed by atoms with E-state index in [0.717, 1.165) is 5.56 Å². The number of benzene rings is 1. The summed E-state index contributed by atoms with van der Waals surface area (Å²) >= 11 is 0. The second-order valence-corrected chi connectivity index (χ2v) is 7.59. The average Bonchev–Trinajstić information content (AvgIpc) is 2.50. The maximum atomic E-state index is 12.4. The molecule has 0 atom stereocenters. The molecule has 0 aromatic heterocycles. The predicted molar refractivity (Wildman–Crippen MR) is 90.6 cm³/mol. The van der Waals surface area contributed by atoms with Crippen molar-refractivity contribution in [2.24, 2.45) is 5.41 Å². The first-order valence-corrected chi connectivity index (χ1v) is 7.71. The van der Waals surface area contributed by atoms with E-state index in [9.17, 15) is 9.90 Å². The molecule has 0 saturated heterocycles. The Hall–Kier alpha value is -1.59. The van der Waals surface area contributed by atoms with E-state index in [1.165, 1.54) is 12.2 Å². The van der Waals surface area contributed by atoms with Crippen molar-refractivity contribution in [2.75, 3.05) is 27.4 Å². The van der Waals surface area contributed by atoms with Crippen molar-refractivity contribution in [2.45, 2.75) is 40.0 Å². The molecule has 0 heterocycles. The van der Waals surface area contributed by atoms with Crippen LogP contribution < -0.4 is 4.74 Å². The number of nitrogens with zero attached hydrogens (tertiary/aromatic N) is 1. The Balaban J connectivity index is 3.17. The summed E-state index contributed by atoms with van der Waals surface area (Å²) in [4.78, 5) is 17.3. The van der Waals surface area contributed by atoms with E-state index in [-0.39, 0.29) is 23.3 Å². The normalized spacial score (nSPS) is 12.2. The summed E-state index contributed by atoms with van der Waals surface area (Å²) in [6, 6.07) is 5.51. The van der Waals surface area contributed by atoms with Gasteiger partial charge in [-0.3, -0.25) is 9.63 Å². The molecule has 5 heteroatoms. The molecule has 130 valence electrons. The lowest BCUT2D eigenvalue weighted by molar-refractivity contribution is -0.0757. The molecule has 0 aliphatic heterocycles. The van der Waals surface area contributed by atoms with Gasteiger partial charge in [0, 0.05) is 18.0 Å². The second-order valence-electron chi connectivity index (χ2n) is 7.59. The van der Waals surface area contributed by atoms with E-state index in [4.69, 9.17) is 9.57 Å². The highest BCUT2D eigenvalue weighted by molar-refractivity contribution is 5.94. The fourth-order valence-electron chi connectivity index (χ4n) is 1.83. The summed E-state index contributed by atoms with van der Waals surface area (Å²) in [5, 5.41) is 10.5. The number of ether oxygens (including phenoxy) is 1. The van der Waals surface area contributed by atoms with Crippen LogP contribution in [0.15, 0.2) is 18.2 Å². The summed E-state index contributed by atoms with van der Waals surface area (Å²) in [5.74, 6) is 0.386. The molecule has 0 unspecified atom stereocenters. The molecule has 0 fully saturated rings. The van der Waals surface area contributed by atoms with E-state index in [1.54, 1.807) is 13.1 Å². The summed E-state index contributed by atoms with van der Waals surface area (Å²) in [6.45, 7) is 10.5. The van der Waals surface area contributed by atoms with E-state index in [1.807, 2.05) is 26.0 Å². The maximum absolute atomic E-state index is 12.4. The first kappa shape index (κ1) is 19.5. The van der Waals surface area contributed by atoms with Gasteiger partial charge in [-0.1, -0.05) is 34.6 Å². The molecule has 23 heavy (non-hydrogen) atoms. The van der Waals surface area contributed by atoms with Crippen molar-refractivity contribution in [1.82, 2.24) is 5.06 Å². The quantitative estimate of drug-likeness (QED) is 0.818. The third-order valence-electron chi connectivity index (χ3n) is 3.64. The van der Waals surface area contributed by atoms with Gasteiger partial charge in [-0.15, -0.1) is 0 Å². The zero-order valence-corrected chi connectivity index (χ0v) is 15.3. The molecule has 0 bridgehead atoms. The van der Waals surface area contributed by atoms with E-state index in [0.29, 0.717) is 17.9 Å². The number of hydrogen-bond donors (Lipinski definition) is 1. The highest BCUT2D eigenvalue weighted by Crippen LogP contribution is 2.29. The Labute approximate surface area is 139 Å². The lowest BCUT2D eigenvalue weighted by atomic mass is 9.86. The molecule has 0 radical (unpaired) electrons. The van der Waals surface area contributed by atoms with Crippen LogP contribution in [0.25, 0.3) is 0 Å². The molecule has 0 aliphatic carbocycles. The van der Waals surface area contributed by atoms with Gasteiger partial charge in [-0.2, -0.15) is 0 Å². The molecule has 1 amide bonds. The van der Waals surface area contributed by atoms with Crippen molar-refractivity contribution in [3.63, 3.8) is 0 Å². The summed E-state index contributed by atoms with van der Waals surface area (Å²) in [7, 11) is 3.02. The van der Waals surface area contributed by atoms with E-state index in [2.05, 4.69) is 20.8 Å². The lowest BCUT2D eigenvalue weighted by Gasteiger charge is -2.25. The van der Waals surface area contributed by atoms with Gasteiger partial charge < -0.3 is 9.84 Å². The van der Waals surface area contributed by atoms with Crippen LogP contribution >= 0.6 is 0 Å². The molecule has 0 aliphatic rings. The van der Waals surface area contributed by atoms with Crippen LogP contribution in [-0.2, 0) is 10.3 Å². The number of carbonyl (C=O) groups is 1. The molecule has 0 spiro atoms. The Morgan fingerprint density at radius 2 is 1.78 bits per heavy atom. The largest absolute Gasteiger partial charge is 0.493 e. The van der Waals surface area contributed by atoms with E-state index >= 15 is 0 Å². The smallest absolute Gasteiger partial charge is 0.277 e. The predicted octanol–water partition coefficient (Wildman–Crippen LogP) is 3.01. The molecule has 1 rings (SSSR count). The summed E-state index contributed by atoms with van der Waals surface area (Å²) in [5.41, 5.74) is 1.06. The number of carbonyl (C=O) groups excluding carboxylic acids is 1. The number of aliphatic hydroxyl groups is 1. The molecule has 5 nitrogen and oxygen atoms in total. The molecule has 1 aromatic rings. The fraction of sp³-hybridized carbons (Fsp3) is 0.611. The van der Waals surface area contributed by atoms with Crippen LogP contribution in [0, 0.1) is 5.41 Å². The minimum absolute atomic E-state index is 0.0319. The van der Waals surface area contributed by atoms with Crippen molar-refractivity contribution in [3.05, 3.63) is 29.3 Å². The topological polar surface area (TPSA) is 59.0 Å². The third-order valence-corrected chi connectivity index (χ3v) is 3.64. The lowest BCUT2D eigenvalue weighted by Crippen LogP contribution is -2.27. The highest BCUT2D eigenvalue weighted by atomic mass is 16.7. The molecule has 1 aromatic carbocycles. The van der Waals surface area contributed by atoms with Gasteiger partial charge in [-0.05, 0) is 29.2 Å². The van der Waals surface area contributed by atoms with Crippen LogP contribution in [0.4, 0.5) is 0 Å². The molecular weight excluding hydrogens is 294 g/mol. The van der Waals surface area contributed by atoms with Crippen LogP contribution in [0.2, 0.25) is 0 Å². The van der Waals surface area contributed by atoms with Crippen molar-refractivity contribution >= 4 is 5.91 Å². The third kappa shape index (κ3) is 5.52.